The van der Waals surface area contributed by atoms with E-state index in [1.165, 1.54) is 0 Å². The Morgan fingerprint density at radius 2 is 2.27 bits per heavy atom. The number of hydrogen-bond acceptors (Lipinski definition) is 4. The highest BCUT2D eigenvalue weighted by Gasteiger charge is 2.07. The predicted octanol–water partition coefficient (Wildman–Crippen LogP) is 0.742. The van der Waals surface area contributed by atoms with Gasteiger partial charge in [0.2, 0.25) is 0 Å². The zero-order chi connectivity index (χ0) is 9.97. The monoisotopic (exact) mass is 228 g/mol. The molecule has 0 aromatic carbocycles. The van der Waals surface area contributed by atoms with E-state index in [9.17, 15) is 0 Å². The van der Waals surface area contributed by atoms with Gasteiger partial charge in [0.15, 0.2) is 5.82 Å². The van der Waals surface area contributed by atoms with Gasteiger partial charge in [-0.1, -0.05) is 6.07 Å². The lowest BCUT2D eigenvalue weighted by Gasteiger charge is -1.98. The summed E-state index contributed by atoms with van der Waals surface area (Å²) in [4.78, 5) is 0. The van der Waals surface area contributed by atoms with Crippen molar-refractivity contribution < 1.29 is 5.11 Å². The summed E-state index contributed by atoms with van der Waals surface area (Å²) in [5, 5.41) is 15.8. The van der Waals surface area contributed by atoms with E-state index in [1.807, 2.05) is 24.4 Å². The number of anilines is 2. The first-order valence-electron chi connectivity index (χ1n) is 4.40. The van der Waals surface area contributed by atoms with Gasteiger partial charge < -0.3 is 16.2 Å². The van der Waals surface area contributed by atoms with Crippen molar-refractivity contribution >= 4 is 29.4 Å². The van der Waals surface area contributed by atoms with Gasteiger partial charge in [-0.2, -0.15) is 0 Å². The molecule has 2 heterocycles. The van der Waals surface area contributed by atoms with Crippen LogP contribution >= 0.6 is 12.4 Å². The van der Waals surface area contributed by atoms with E-state index in [-0.39, 0.29) is 19.0 Å². The maximum absolute atomic E-state index is 8.66. The van der Waals surface area contributed by atoms with Crippen molar-refractivity contribution in [3.63, 3.8) is 0 Å². The van der Waals surface area contributed by atoms with Crippen LogP contribution in [-0.2, 0) is 0 Å². The van der Waals surface area contributed by atoms with E-state index in [0.717, 1.165) is 5.52 Å². The molecule has 0 fully saturated rings. The van der Waals surface area contributed by atoms with Gasteiger partial charge in [0, 0.05) is 12.7 Å². The maximum atomic E-state index is 8.66. The molecule has 0 bridgehead atoms. The number of nitrogens with one attached hydrogen (secondary N) is 1. The molecule has 0 saturated carbocycles. The molecule has 5 nitrogen and oxygen atoms in total. The number of hydrogen-bond donors (Lipinski definition) is 3. The standard InChI is InChI=1S/C9H12N4O.ClH/c10-8-7-3-1-2-5-13(7)12-9(8)11-4-6-14;/h1-3,5,14H,4,6,10H2,(H,11,12);1H. The molecule has 82 valence electrons. The Labute approximate surface area is 93.3 Å². The van der Waals surface area contributed by atoms with Crippen LogP contribution < -0.4 is 11.1 Å². The number of pyridine rings is 1. The molecule has 0 spiro atoms. The van der Waals surface area contributed by atoms with Gasteiger partial charge in [0.25, 0.3) is 0 Å². The Morgan fingerprint density at radius 1 is 1.47 bits per heavy atom. The molecule has 0 unspecified atom stereocenters. The Hall–Kier alpha value is -1.46. The Kier molecular flexibility index (Phi) is 3.76. The molecule has 0 atom stereocenters. The molecular weight excluding hydrogens is 216 g/mol. The van der Waals surface area contributed by atoms with E-state index in [4.69, 9.17) is 10.8 Å². The fourth-order valence-electron chi connectivity index (χ4n) is 1.32. The molecule has 0 aliphatic rings. The average Bonchev–Trinajstić information content (AvgIpc) is 2.54. The van der Waals surface area contributed by atoms with Gasteiger partial charge in [-0.25, -0.2) is 4.52 Å². The van der Waals surface area contributed by atoms with Crippen molar-refractivity contribution in [3.05, 3.63) is 24.4 Å². The molecule has 0 aliphatic heterocycles. The summed E-state index contributed by atoms with van der Waals surface area (Å²) in [7, 11) is 0. The fourth-order valence-corrected chi connectivity index (χ4v) is 1.32. The topological polar surface area (TPSA) is 75.6 Å². The summed E-state index contributed by atoms with van der Waals surface area (Å²) in [6.45, 7) is 0.515. The molecule has 2 aromatic rings. The van der Waals surface area contributed by atoms with Gasteiger partial charge in [-0.3, -0.25) is 0 Å². The van der Waals surface area contributed by atoms with Crippen LogP contribution in [0, 0.1) is 0 Å². The number of halogens is 1. The predicted molar refractivity (Wildman–Crippen MR) is 62.4 cm³/mol. The lowest BCUT2D eigenvalue weighted by molar-refractivity contribution is 0.311. The zero-order valence-corrected chi connectivity index (χ0v) is 8.87. The molecule has 0 amide bonds. The molecule has 2 aromatic heterocycles. The number of aromatic nitrogens is 2. The van der Waals surface area contributed by atoms with E-state index in [1.54, 1.807) is 4.52 Å². The summed E-state index contributed by atoms with van der Waals surface area (Å²) in [5.41, 5.74) is 7.33. The number of aliphatic hydroxyl groups is 1. The summed E-state index contributed by atoms with van der Waals surface area (Å²) >= 11 is 0. The third-order valence-electron chi connectivity index (χ3n) is 1.98. The van der Waals surface area contributed by atoms with Crippen molar-refractivity contribution in [1.82, 2.24) is 9.61 Å². The van der Waals surface area contributed by atoms with Gasteiger partial charge >= 0.3 is 0 Å². The Bertz CT molecular complexity index is 443. The third kappa shape index (κ3) is 2.14. The molecule has 15 heavy (non-hydrogen) atoms. The van der Waals surface area contributed by atoms with E-state index < -0.39 is 0 Å². The van der Waals surface area contributed by atoms with Crippen LogP contribution in [0.15, 0.2) is 24.4 Å². The molecule has 0 saturated heterocycles. The lowest BCUT2D eigenvalue weighted by atomic mass is 10.3. The Morgan fingerprint density at radius 3 is 2.93 bits per heavy atom. The summed E-state index contributed by atoms with van der Waals surface area (Å²) in [5.74, 6) is 0.616. The lowest BCUT2D eigenvalue weighted by Crippen LogP contribution is -2.07. The van der Waals surface area contributed by atoms with Crippen molar-refractivity contribution in [2.24, 2.45) is 0 Å². The first-order valence-corrected chi connectivity index (χ1v) is 4.40. The quantitative estimate of drug-likeness (QED) is 0.725. The second-order valence-electron chi connectivity index (χ2n) is 2.94. The summed E-state index contributed by atoms with van der Waals surface area (Å²) < 4.78 is 1.70. The van der Waals surface area contributed by atoms with Crippen LogP contribution in [0.2, 0.25) is 0 Å². The number of nitrogens with zero attached hydrogens (tertiary/aromatic N) is 2. The van der Waals surface area contributed by atoms with Crippen molar-refractivity contribution in [3.8, 4) is 0 Å². The number of nitrogens with two attached hydrogens (primary N) is 1. The van der Waals surface area contributed by atoms with Crippen molar-refractivity contribution in [2.45, 2.75) is 0 Å². The normalized spacial score (nSPS) is 9.93. The highest BCUT2D eigenvalue weighted by Crippen LogP contribution is 2.21. The molecule has 2 rings (SSSR count). The minimum absolute atomic E-state index is 0. The SMILES string of the molecule is Cl.Nc1c(NCCO)nn2ccccc12. The van der Waals surface area contributed by atoms with Crippen LogP contribution in [0.25, 0.3) is 5.52 Å². The van der Waals surface area contributed by atoms with Crippen LogP contribution in [0.3, 0.4) is 0 Å². The van der Waals surface area contributed by atoms with Gasteiger partial charge in [-0.15, -0.1) is 17.5 Å². The van der Waals surface area contributed by atoms with Crippen LogP contribution in [0.1, 0.15) is 0 Å². The van der Waals surface area contributed by atoms with Crippen LogP contribution in [0.5, 0.6) is 0 Å². The molecule has 0 aliphatic carbocycles. The number of nitrogen functional groups attached to an aromatic ring is 1. The van der Waals surface area contributed by atoms with Gasteiger partial charge in [0.05, 0.1) is 12.1 Å². The van der Waals surface area contributed by atoms with Crippen molar-refractivity contribution in [2.75, 3.05) is 24.2 Å². The Balaban J connectivity index is 0.00000112. The molecule has 6 heteroatoms. The van der Waals surface area contributed by atoms with Crippen molar-refractivity contribution in [1.29, 1.82) is 0 Å². The third-order valence-corrected chi connectivity index (χ3v) is 1.98. The minimum atomic E-state index is 0. The van der Waals surface area contributed by atoms with E-state index in [2.05, 4.69) is 10.4 Å². The first-order chi connectivity index (χ1) is 6.83. The number of rotatable bonds is 3. The number of aliphatic hydroxyl groups excluding tert-OH is 1. The summed E-state index contributed by atoms with van der Waals surface area (Å²) in [6.07, 6.45) is 1.83. The average molecular weight is 229 g/mol. The maximum Gasteiger partial charge on any atom is 0.172 e. The minimum Gasteiger partial charge on any atom is -0.395 e. The van der Waals surface area contributed by atoms with Gasteiger partial charge in [-0.05, 0) is 12.1 Å². The molecular formula is C9H13ClN4O. The van der Waals surface area contributed by atoms with Crippen LogP contribution in [-0.4, -0.2) is 27.9 Å². The molecule has 0 radical (unpaired) electrons. The second kappa shape index (κ2) is 4.86. The van der Waals surface area contributed by atoms with E-state index in [0.29, 0.717) is 18.1 Å². The highest BCUT2D eigenvalue weighted by molar-refractivity contribution is 5.85. The van der Waals surface area contributed by atoms with Crippen LogP contribution in [0.4, 0.5) is 11.5 Å². The zero-order valence-electron chi connectivity index (χ0n) is 8.05. The first kappa shape index (κ1) is 11.6. The second-order valence-corrected chi connectivity index (χ2v) is 2.94. The largest absolute Gasteiger partial charge is 0.395 e. The van der Waals surface area contributed by atoms with Gasteiger partial charge in [0.1, 0.15) is 5.69 Å². The smallest absolute Gasteiger partial charge is 0.172 e. The van der Waals surface area contributed by atoms with E-state index >= 15 is 0 Å². The number of fused-ring (bicyclic) bond motifs is 1. The summed E-state index contributed by atoms with van der Waals surface area (Å²) in [6, 6.07) is 5.69. The molecule has 4 N–H and O–H groups in total. The fraction of sp³-hybridized carbons (Fsp3) is 0.222. The highest BCUT2D eigenvalue weighted by atomic mass is 35.5.